The van der Waals surface area contributed by atoms with Gasteiger partial charge in [-0.05, 0) is 37.6 Å². The number of thiazole rings is 1. The summed E-state index contributed by atoms with van der Waals surface area (Å²) >= 11 is 0.960. The molecule has 3 aliphatic heterocycles. The zero-order valence-electron chi connectivity index (χ0n) is 23.1. The molecule has 3 aromatic heterocycles. The number of nitrogen functional groups attached to an aromatic ring is 1. The molecule has 0 radical (unpaired) electrons. The van der Waals surface area contributed by atoms with Gasteiger partial charge in [0.15, 0.2) is 10.9 Å². The maximum atomic E-state index is 16.3. The van der Waals surface area contributed by atoms with Crippen molar-refractivity contribution in [3.05, 3.63) is 42.6 Å². The smallest absolute Gasteiger partial charge is 0.320 e. The number of hydrogen-bond donors (Lipinski definition) is 1. The molecule has 0 aliphatic carbocycles. The number of likely N-dealkylation sites (tertiary alicyclic amines) is 1. The summed E-state index contributed by atoms with van der Waals surface area (Å²) in [5.41, 5.74) is 5.60. The average Bonchev–Trinajstić information content (AvgIpc) is 3.76. The molecule has 1 aromatic carbocycles. The summed E-state index contributed by atoms with van der Waals surface area (Å²) in [6.07, 6.45) is 3.86. The lowest BCUT2D eigenvalue weighted by Gasteiger charge is -2.30. The quantitative estimate of drug-likeness (QED) is 0.306. The van der Waals surface area contributed by atoms with Crippen molar-refractivity contribution in [1.29, 1.82) is 0 Å². The van der Waals surface area contributed by atoms with Crippen molar-refractivity contribution in [2.45, 2.75) is 43.5 Å². The van der Waals surface area contributed by atoms with Gasteiger partial charge in [0.1, 0.15) is 35.9 Å². The number of carbonyl (C=O) groups excluding carboxylic acids is 1. The second-order valence-corrected chi connectivity index (χ2v) is 12.2. The summed E-state index contributed by atoms with van der Waals surface area (Å²) in [5, 5.41) is 0.336. The Labute approximate surface area is 248 Å². The van der Waals surface area contributed by atoms with Crippen LogP contribution >= 0.6 is 11.3 Å². The van der Waals surface area contributed by atoms with Crippen molar-refractivity contribution >= 4 is 43.5 Å². The van der Waals surface area contributed by atoms with E-state index in [1.165, 1.54) is 24.4 Å². The minimum Gasteiger partial charge on any atom is -0.472 e. The summed E-state index contributed by atoms with van der Waals surface area (Å²) in [7, 11) is 0. The zero-order chi connectivity index (χ0) is 29.9. The maximum Gasteiger partial charge on any atom is 0.320 e. The predicted molar refractivity (Wildman–Crippen MR) is 155 cm³/mol. The number of carbonyl (C=O) groups is 1. The van der Waals surface area contributed by atoms with E-state index in [-0.39, 0.29) is 61.9 Å². The second kappa shape index (κ2) is 10.6. The topological polar surface area (TPSA) is 120 Å². The van der Waals surface area contributed by atoms with Crippen LogP contribution in [0.1, 0.15) is 25.7 Å². The first kappa shape index (κ1) is 27.8. The molecular weight excluding hydrogens is 583 g/mol. The molecule has 2 N–H and O–H groups in total. The molecule has 1 amide bonds. The van der Waals surface area contributed by atoms with E-state index < -0.39 is 29.4 Å². The highest BCUT2D eigenvalue weighted by Gasteiger charge is 2.49. The Morgan fingerprint density at radius 2 is 2.07 bits per heavy atom. The number of ether oxygens (including phenoxy) is 2. The number of alkyl halides is 1. The molecule has 0 saturated carbocycles. The van der Waals surface area contributed by atoms with Gasteiger partial charge in [0.05, 0.1) is 27.7 Å². The predicted octanol–water partition coefficient (Wildman–Crippen LogP) is 4.28. The fraction of sp³-hybridized carbons (Fsp3) is 0.414. The third-order valence-corrected chi connectivity index (χ3v) is 9.43. The van der Waals surface area contributed by atoms with E-state index in [2.05, 4.69) is 31.4 Å². The molecule has 0 bridgehead atoms. The van der Waals surface area contributed by atoms with Crippen molar-refractivity contribution < 1.29 is 27.4 Å². The first-order valence-electron chi connectivity index (χ1n) is 14.1. The summed E-state index contributed by atoms with van der Waals surface area (Å²) < 4.78 is 57.6. The molecule has 0 unspecified atom stereocenters. The van der Waals surface area contributed by atoms with Gasteiger partial charge in [-0.1, -0.05) is 17.9 Å². The number of fused-ring (bicyclic) bond motifs is 3. The highest BCUT2D eigenvalue weighted by molar-refractivity contribution is 7.22. The van der Waals surface area contributed by atoms with Crippen LogP contribution in [0.4, 0.5) is 18.3 Å². The molecule has 14 heteroatoms. The van der Waals surface area contributed by atoms with E-state index in [0.717, 1.165) is 30.7 Å². The lowest BCUT2D eigenvalue weighted by atomic mass is 9.95. The van der Waals surface area contributed by atoms with Crippen LogP contribution in [0.2, 0.25) is 0 Å². The number of nitrogens with two attached hydrogens (primary N) is 1. The second-order valence-electron chi connectivity index (χ2n) is 11.2. The number of nitrogens with zero attached hydrogens (tertiary/aromatic N) is 6. The Kier molecular flexibility index (Phi) is 6.84. The molecule has 0 spiro atoms. The Hall–Kier alpha value is -4.04. The highest BCUT2D eigenvalue weighted by atomic mass is 32.1. The van der Waals surface area contributed by atoms with Gasteiger partial charge in [-0.15, -0.1) is 0 Å². The van der Waals surface area contributed by atoms with Crippen LogP contribution in [0.25, 0.3) is 32.4 Å². The highest BCUT2D eigenvalue weighted by Crippen LogP contribution is 2.41. The number of amides is 1. The number of hydrogen-bond acceptors (Lipinski definition) is 10. The summed E-state index contributed by atoms with van der Waals surface area (Å²) in [5.74, 6) is -1.48. The number of anilines is 1. The molecule has 3 atom stereocenters. The molecule has 43 heavy (non-hydrogen) atoms. The third kappa shape index (κ3) is 4.82. The van der Waals surface area contributed by atoms with Gasteiger partial charge in [-0.25, -0.2) is 18.2 Å². The number of aromatic nitrogens is 4. The minimum absolute atomic E-state index is 0.0496. The van der Waals surface area contributed by atoms with Gasteiger partial charge in [-0.2, -0.15) is 9.97 Å². The maximum absolute atomic E-state index is 16.3. The largest absolute Gasteiger partial charge is 0.472 e. The van der Waals surface area contributed by atoms with Gasteiger partial charge < -0.3 is 20.1 Å². The molecule has 6 heterocycles. The number of benzene rings is 1. The van der Waals surface area contributed by atoms with Crippen LogP contribution < -0.4 is 15.2 Å². The minimum atomic E-state index is -0.942. The Morgan fingerprint density at radius 3 is 2.91 bits per heavy atom. The first-order chi connectivity index (χ1) is 20.7. The Bertz CT molecular complexity index is 1770. The van der Waals surface area contributed by atoms with Crippen molar-refractivity contribution in [2.24, 2.45) is 0 Å². The van der Waals surface area contributed by atoms with Crippen molar-refractivity contribution in [3.63, 3.8) is 0 Å². The van der Waals surface area contributed by atoms with Gasteiger partial charge in [0, 0.05) is 37.7 Å². The molecule has 4 aromatic rings. The SMILES string of the molecule is C=CC(=O)N1CC[C@@H](Oc2nc(OC[C@@]34CCCN3C[C@H](F)C4)nc3c(F)c(-c4ccc(F)c5sc(N)nc45)ncc23)C1. The third-order valence-electron chi connectivity index (χ3n) is 8.54. The van der Waals surface area contributed by atoms with Crippen LogP contribution in [-0.4, -0.2) is 86.2 Å². The lowest BCUT2D eigenvalue weighted by molar-refractivity contribution is -0.125. The van der Waals surface area contributed by atoms with E-state index in [4.69, 9.17) is 15.2 Å². The normalized spacial score (nSPS) is 23.7. The number of pyridine rings is 1. The van der Waals surface area contributed by atoms with E-state index >= 15 is 4.39 Å². The van der Waals surface area contributed by atoms with Gasteiger partial charge in [-0.3, -0.25) is 14.7 Å². The van der Waals surface area contributed by atoms with Crippen LogP contribution in [-0.2, 0) is 4.79 Å². The summed E-state index contributed by atoms with van der Waals surface area (Å²) in [6.45, 7) is 5.59. The Morgan fingerprint density at radius 1 is 1.21 bits per heavy atom. The van der Waals surface area contributed by atoms with Crippen LogP contribution in [0.3, 0.4) is 0 Å². The molecule has 10 nitrogen and oxygen atoms in total. The van der Waals surface area contributed by atoms with Crippen LogP contribution in [0.5, 0.6) is 11.9 Å². The standard InChI is InChI=1S/C29H28F3N7O3S/c1-2-20(40)38-9-6-16(13-38)42-26-18-11-34-22(17-4-5-19(31)25-24(17)35-27(33)43-25)21(32)23(18)36-28(37-26)41-14-29-7-3-8-39(29)12-15(30)10-29/h2,4-5,11,15-16H,1,3,6-10,12-14H2,(H2,33,35)/t15-,16-,29+/m1/s1. The number of rotatable bonds is 7. The van der Waals surface area contributed by atoms with Crippen molar-refractivity contribution in [3.8, 4) is 23.1 Å². The van der Waals surface area contributed by atoms with Gasteiger partial charge in [0.25, 0.3) is 0 Å². The van der Waals surface area contributed by atoms with E-state index in [0.29, 0.717) is 32.5 Å². The monoisotopic (exact) mass is 611 g/mol. The van der Waals surface area contributed by atoms with E-state index in [1.54, 1.807) is 4.90 Å². The molecule has 3 aliphatic rings. The molecule has 3 saturated heterocycles. The Balaban J connectivity index is 1.29. The first-order valence-corrected chi connectivity index (χ1v) is 14.9. The fourth-order valence-electron chi connectivity index (χ4n) is 6.50. The van der Waals surface area contributed by atoms with Crippen LogP contribution in [0.15, 0.2) is 31.0 Å². The van der Waals surface area contributed by atoms with E-state index in [9.17, 15) is 13.6 Å². The van der Waals surface area contributed by atoms with Gasteiger partial charge in [0.2, 0.25) is 11.8 Å². The lowest BCUT2D eigenvalue weighted by Crippen LogP contribution is -2.43. The fourth-order valence-corrected chi connectivity index (χ4v) is 7.26. The molecule has 3 fully saturated rings. The average molecular weight is 612 g/mol. The number of halogens is 3. The molecule has 224 valence electrons. The molecular formula is C29H28F3N7O3S. The van der Waals surface area contributed by atoms with E-state index in [1.807, 2.05) is 0 Å². The van der Waals surface area contributed by atoms with Crippen molar-refractivity contribution in [1.82, 2.24) is 29.7 Å². The van der Waals surface area contributed by atoms with Gasteiger partial charge >= 0.3 is 6.01 Å². The summed E-state index contributed by atoms with van der Waals surface area (Å²) in [6, 6.07) is 2.49. The zero-order valence-corrected chi connectivity index (χ0v) is 23.9. The van der Waals surface area contributed by atoms with Crippen LogP contribution in [0, 0.1) is 11.6 Å². The molecule has 7 rings (SSSR count). The summed E-state index contributed by atoms with van der Waals surface area (Å²) in [4.78, 5) is 33.3. The van der Waals surface area contributed by atoms with Crippen molar-refractivity contribution in [2.75, 3.05) is 38.5 Å².